The van der Waals surface area contributed by atoms with Crippen LogP contribution in [0.25, 0.3) is 0 Å². The number of likely N-dealkylation sites (tertiary alicyclic amines) is 1. The number of amides is 1. The summed E-state index contributed by atoms with van der Waals surface area (Å²) in [6.07, 6.45) is 2.83. The molecule has 2 rings (SSSR count). The summed E-state index contributed by atoms with van der Waals surface area (Å²) in [6, 6.07) is 2.69. The van der Waals surface area contributed by atoms with Gasteiger partial charge in [-0.2, -0.15) is 0 Å². The molecule has 0 N–H and O–H groups in total. The van der Waals surface area contributed by atoms with Crippen molar-refractivity contribution < 1.29 is 18.3 Å². The van der Waals surface area contributed by atoms with Crippen LogP contribution in [0.15, 0.2) is 24.5 Å². The van der Waals surface area contributed by atoms with Crippen molar-refractivity contribution >= 4 is 6.09 Å². The maximum atomic E-state index is 14.5. The van der Waals surface area contributed by atoms with Gasteiger partial charge in [0.15, 0.2) is 0 Å². The van der Waals surface area contributed by atoms with Crippen molar-refractivity contribution in [1.29, 1.82) is 0 Å². The number of hydrogen-bond acceptors (Lipinski definition) is 3. The van der Waals surface area contributed by atoms with Crippen molar-refractivity contribution in [1.82, 2.24) is 9.88 Å². The van der Waals surface area contributed by atoms with Crippen LogP contribution in [-0.4, -0.2) is 34.7 Å². The fraction of sp³-hybridized carbons (Fsp3) is 0.625. The second-order valence-corrected chi connectivity index (χ2v) is 6.60. The molecule has 0 atom stereocenters. The summed E-state index contributed by atoms with van der Waals surface area (Å²) in [6.45, 7) is 5.94. The fourth-order valence-corrected chi connectivity index (χ4v) is 2.56. The lowest BCUT2D eigenvalue weighted by molar-refractivity contribution is -0.0861. The van der Waals surface area contributed by atoms with Crippen molar-refractivity contribution in [3.63, 3.8) is 0 Å². The number of carbonyl (C=O) groups is 1. The Morgan fingerprint density at radius 3 is 2.27 bits per heavy atom. The summed E-state index contributed by atoms with van der Waals surface area (Å²) in [5, 5.41) is 0. The molecule has 0 saturated carbocycles. The zero-order valence-corrected chi connectivity index (χ0v) is 13.2. The van der Waals surface area contributed by atoms with Crippen molar-refractivity contribution in [2.45, 2.75) is 45.1 Å². The van der Waals surface area contributed by atoms with E-state index in [1.807, 2.05) is 0 Å². The molecule has 1 fully saturated rings. The van der Waals surface area contributed by atoms with Gasteiger partial charge in [0.05, 0.1) is 0 Å². The molecule has 0 spiro atoms. The number of rotatable bonds is 2. The van der Waals surface area contributed by atoms with Crippen molar-refractivity contribution in [3.05, 3.63) is 30.1 Å². The molecule has 1 aliphatic heterocycles. The van der Waals surface area contributed by atoms with Gasteiger partial charge in [0.25, 0.3) is 5.92 Å². The van der Waals surface area contributed by atoms with Crippen LogP contribution in [0.1, 0.15) is 39.2 Å². The SMILES string of the molecule is CC(C)(C)OC(=O)N1CCC(C(F)(F)c2ccncc2)CC1. The predicted octanol–water partition coefficient (Wildman–Crippen LogP) is 3.82. The van der Waals surface area contributed by atoms with Gasteiger partial charge in [0.1, 0.15) is 5.60 Å². The molecule has 0 aliphatic carbocycles. The number of halogens is 2. The largest absolute Gasteiger partial charge is 0.444 e. The molecule has 0 aromatic carbocycles. The molecule has 22 heavy (non-hydrogen) atoms. The second kappa shape index (κ2) is 6.18. The quantitative estimate of drug-likeness (QED) is 0.833. The number of pyridine rings is 1. The van der Waals surface area contributed by atoms with Gasteiger partial charge in [-0.3, -0.25) is 4.98 Å². The van der Waals surface area contributed by atoms with Crippen LogP contribution in [0.3, 0.4) is 0 Å². The van der Waals surface area contributed by atoms with Gasteiger partial charge in [0.2, 0.25) is 0 Å². The highest BCUT2D eigenvalue weighted by molar-refractivity contribution is 5.68. The number of ether oxygens (including phenoxy) is 1. The third-order valence-electron chi connectivity index (χ3n) is 3.72. The highest BCUT2D eigenvalue weighted by Gasteiger charge is 2.43. The molecule has 122 valence electrons. The second-order valence-electron chi connectivity index (χ2n) is 6.60. The molecule has 1 aromatic rings. The number of hydrogen-bond donors (Lipinski definition) is 0. The van der Waals surface area contributed by atoms with Crippen molar-refractivity contribution in [2.75, 3.05) is 13.1 Å². The monoisotopic (exact) mass is 312 g/mol. The summed E-state index contributed by atoms with van der Waals surface area (Å²) in [4.78, 5) is 17.2. The zero-order valence-electron chi connectivity index (χ0n) is 13.2. The minimum atomic E-state index is -2.90. The average Bonchev–Trinajstić information content (AvgIpc) is 2.46. The van der Waals surface area contributed by atoms with E-state index in [-0.39, 0.29) is 18.4 Å². The van der Waals surface area contributed by atoms with Crippen LogP contribution < -0.4 is 0 Å². The topological polar surface area (TPSA) is 42.4 Å². The van der Waals surface area contributed by atoms with E-state index in [1.54, 1.807) is 20.8 Å². The number of aromatic nitrogens is 1. The van der Waals surface area contributed by atoms with E-state index < -0.39 is 23.5 Å². The summed E-state index contributed by atoms with van der Waals surface area (Å²) in [7, 11) is 0. The van der Waals surface area contributed by atoms with Crippen LogP contribution >= 0.6 is 0 Å². The molecule has 1 aromatic heterocycles. The minimum absolute atomic E-state index is 0.0155. The van der Waals surface area contributed by atoms with Crippen LogP contribution in [-0.2, 0) is 10.7 Å². The van der Waals surface area contributed by atoms with Gasteiger partial charge >= 0.3 is 6.09 Å². The van der Waals surface area contributed by atoms with Crippen LogP contribution in [0.2, 0.25) is 0 Å². The van der Waals surface area contributed by atoms with Gasteiger partial charge in [-0.15, -0.1) is 0 Å². The average molecular weight is 312 g/mol. The Kier molecular flexibility index (Phi) is 4.68. The molecule has 1 aliphatic rings. The highest BCUT2D eigenvalue weighted by Crippen LogP contribution is 2.41. The van der Waals surface area contributed by atoms with E-state index in [9.17, 15) is 13.6 Å². The van der Waals surface area contributed by atoms with E-state index in [1.165, 1.54) is 29.4 Å². The first-order valence-corrected chi connectivity index (χ1v) is 7.46. The Labute approximate surface area is 129 Å². The number of alkyl halides is 2. The number of nitrogens with zero attached hydrogens (tertiary/aromatic N) is 2. The molecular weight excluding hydrogens is 290 g/mol. The van der Waals surface area contributed by atoms with E-state index in [2.05, 4.69) is 4.98 Å². The Morgan fingerprint density at radius 1 is 1.23 bits per heavy atom. The van der Waals surface area contributed by atoms with E-state index in [4.69, 9.17) is 4.74 Å². The number of piperidine rings is 1. The summed E-state index contributed by atoms with van der Waals surface area (Å²) >= 11 is 0. The van der Waals surface area contributed by atoms with Gasteiger partial charge in [0, 0.05) is 37.0 Å². The molecular formula is C16H22F2N2O2. The zero-order chi connectivity index (χ0) is 16.4. The lowest BCUT2D eigenvalue weighted by Gasteiger charge is -2.36. The standard InChI is InChI=1S/C16H22F2N2O2/c1-15(2,3)22-14(21)20-10-6-13(7-11-20)16(17,18)12-4-8-19-9-5-12/h4-5,8-9,13H,6-7,10-11H2,1-3H3. The Morgan fingerprint density at radius 2 is 1.77 bits per heavy atom. The maximum absolute atomic E-state index is 14.5. The van der Waals surface area contributed by atoms with Crippen molar-refractivity contribution in [2.24, 2.45) is 5.92 Å². The molecule has 0 unspecified atom stereocenters. The lowest BCUT2D eigenvalue weighted by atomic mass is 9.87. The van der Waals surface area contributed by atoms with Gasteiger partial charge in [-0.1, -0.05) is 0 Å². The maximum Gasteiger partial charge on any atom is 0.410 e. The summed E-state index contributed by atoms with van der Waals surface area (Å²) in [5.74, 6) is -3.67. The first kappa shape index (κ1) is 16.6. The first-order valence-electron chi connectivity index (χ1n) is 7.46. The van der Waals surface area contributed by atoms with Gasteiger partial charge in [-0.05, 0) is 45.7 Å². The predicted molar refractivity (Wildman–Crippen MR) is 78.7 cm³/mol. The molecule has 4 nitrogen and oxygen atoms in total. The lowest BCUT2D eigenvalue weighted by Crippen LogP contribution is -2.44. The smallest absolute Gasteiger partial charge is 0.410 e. The van der Waals surface area contributed by atoms with E-state index >= 15 is 0 Å². The normalized spacial score (nSPS) is 17.4. The first-order chi connectivity index (χ1) is 10.2. The molecule has 0 radical (unpaired) electrons. The van der Waals surface area contributed by atoms with Crippen LogP contribution in [0, 0.1) is 5.92 Å². The Balaban J connectivity index is 1.96. The van der Waals surface area contributed by atoms with Gasteiger partial charge < -0.3 is 9.64 Å². The molecule has 1 saturated heterocycles. The number of carbonyl (C=O) groups excluding carboxylic acids is 1. The summed E-state index contributed by atoms with van der Waals surface area (Å²) in [5.41, 5.74) is -0.590. The van der Waals surface area contributed by atoms with Crippen molar-refractivity contribution in [3.8, 4) is 0 Å². The highest BCUT2D eigenvalue weighted by atomic mass is 19.3. The molecule has 2 heterocycles. The minimum Gasteiger partial charge on any atom is -0.444 e. The molecule has 6 heteroatoms. The third-order valence-corrected chi connectivity index (χ3v) is 3.72. The Bertz CT molecular complexity index is 507. The Hall–Kier alpha value is -1.72. The van der Waals surface area contributed by atoms with E-state index in [0.717, 1.165) is 0 Å². The summed E-state index contributed by atoms with van der Waals surface area (Å²) < 4.78 is 34.2. The fourth-order valence-electron chi connectivity index (χ4n) is 2.56. The third kappa shape index (κ3) is 3.93. The van der Waals surface area contributed by atoms with E-state index in [0.29, 0.717) is 13.1 Å². The van der Waals surface area contributed by atoms with Crippen LogP contribution in [0.5, 0.6) is 0 Å². The molecule has 0 bridgehead atoms. The van der Waals surface area contributed by atoms with Gasteiger partial charge in [-0.25, -0.2) is 13.6 Å². The van der Waals surface area contributed by atoms with Crippen LogP contribution in [0.4, 0.5) is 13.6 Å². The molecule has 1 amide bonds.